The number of nitrogens with zero attached hydrogens (tertiary/aromatic N) is 4. The van der Waals surface area contributed by atoms with Crippen LogP contribution in [0.25, 0.3) is 0 Å². The summed E-state index contributed by atoms with van der Waals surface area (Å²) in [6.45, 7) is 1.91. The molecule has 1 saturated carbocycles. The average Bonchev–Trinajstić information content (AvgIpc) is 3.44. The highest BCUT2D eigenvalue weighted by Gasteiger charge is 2.44. The van der Waals surface area contributed by atoms with Crippen molar-refractivity contribution in [3.8, 4) is 11.6 Å². The third-order valence-corrected chi connectivity index (χ3v) is 13.1. The molecular formula is C38H46ClN5O7S. The lowest BCUT2D eigenvalue weighted by Gasteiger charge is -2.46. The monoisotopic (exact) mass is 751 g/mol. The fraction of sp³-hybridized carbons (Fsp3) is 0.500. The largest absolute Gasteiger partial charge is 0.490 e. The number of methoxy groups -OCH3 is 3. The summed E-state index contributed by atoms with van der Waals surface area (Å²) in [5, 5.41) is 4.86. The molecule has 12 nitrogen and oxygen atoms in total. The number of aryl methyl sites for hydroxylation is 2. The van der Waals surface area contributed by atoms with Crippen LogP contribution >= 0.6 is 11.6 Å². The van der Waals surface area contributed by atoms with Gasteiger partial charge in [0.2, 0.25) is 5.88 Å². The van der Waals surface area contributed by atoms with Crippen LogP contribution < -0.4 is 19.1 Å². The van der Waals surface area contributed by atoms with Crippen molar-refractivity contribution in [2.45, 2.75) is 56.1 Å². The van der Waals surface area contributed by atoms with Crippen molar-refractivity contribution in [1.29, 1.82) is 0 Å². The van der Waals surface area contributed by atoms with Gasteiger partial charge in [0.05, 0.1) is 37.4 Å². The maximum Gasteiger partial charge on any atom is 0.286 e. The molecule has 1 aromatic heterocycles. The summed E-state index contributed by atoms with van der Waals surface area (Å²) >= 11 is 6.46. The molecule has 14 heteroatoms. The Kier molecular flexibility index (Phi) is 10.4. The molecule has 1 spiro atoms. The lowest BCUT2D eigenvalue weighted by molar-refractivity contribution is 0.0124. The van der Waals surface area contributed by atoms with E-state index in [9.17, 15) is 13.8 Å². The van der Waals surface area contributed by atoms with Gasteiger partial charge in [-0.1, -0.05) is 29.8 Å². The summed E-state index contributed by atoms with van der Waals surface area (Å²) < 4.78 is 46.5. The first-order valence-corrected chi connectivity index (χ1v) is 19.8. The first-order chi connectivity index (χ1) is 25.0. The van der Waals surface area contributed by atoms with Crippen molar-refractivity contribution in [2.75, 3.05) is 51.7 Å². The number of amides is 2. The van der Waals surface area contributed by atoms with Crippen LogP contribution in [-0.2, 0) is 38.3 Å². The highest BCUT2D eigenvalue weighted by atomic mass is 35.5. The lowest BCUT2D eigenvalue weighted by Crippen LogP contribution is -2.49. The number of rotatable bonds is 5. The Labute approximate surface area is 310 Å². The van der Waals surface area contributed by atoms with Gasteiger partial charge in [-0.05, 0) is 91.8 Å². The molecule has 7 rings (SSSR count). The predicted molar refractivity (Wildman–Crippen MR) is 199 cm³/mol. The van der Waals surface area contributed by atoms with E-state index in [2.05, 4.69) is 31.2 Å². The zero-order valence-corrected chi connectivity index (χ0v) is 31.6. The molecule has 4 aliphatic rings. The summed E-state index contributed by atoms with van der Waals surface area (Å²) in [6, 6.07) is 11.4. The first-order valence-electron chi connectivity index (χ1n) is 17.8. The van der Waals surface area contributed by atoms with Crippen LogP contribution in [0.15, 0.2) is 59.1 Å². The van der Waals surface area contributed by atoms with E-state index >= 15 is 0 Å². The fourth-order valence-electron chi connectivity index (χ4n) is 8.26. The number of anilines is 1. The first kappa shape index (κ1) is 36.4. The van der Waals surface area contributed by atoms with E-state index in [1.807, 2.05) is 18.2 Å². The van der Waals surface area contributed by atoms with Crippen LogP contribution in [0.4, 0.5) is 5.69 Å². The van der Waals surface area contributed by atoms with Gasteiger partial charge < -0.3 is 23.8 Å². The van der Waals surface area contributed by atoms with E-state index < -0.39 is 27.8 Å². The minimum atomic E-state index is -3.67. The summed E-state index contributed by atoms with van der Waals surface area (Å²) in [5.41, 5.74) is 3.32. The average molecular weight is 752 g/mol. The summed E-state index contributed by atoms with van der Waals surface area (Å²) in [4.78, 5) is 29.9. The molecule has 1 unspecified atom stereocenters. The number of carbonyl (C=O) groups excluding carboxylic acids is 2. The molecule has 1 fully saturated rings. The SMILES string of the molecule is COc1nn(C)cc1C(=O)NS1(=O)=NC(=O)c2ccc3c(c2)N(C[C@@H]2CC[C@H]2[C@@H](OC)/C=C/[C@@H](OC)CC1)C[C@@]1(CCCc2cc(Cl)ccc21)CO3. The normalized spacial score (nSPS) is 29.4. The second-order valence-electron chi connectivity index (χ2n) is 14.3. The van der Waals surface area contributed by atoms with Crippen molar-refractivity contribution in [1.82, 2.24) is 14.5 Å². The number of benzene rings is 2. The van der Waals surface area contributed by atoms with Gasteiger partial charge in [-0.15, -0.1) is 9.46 Å². The number of aromatic nitrogens is 2. The molecule has 6 atom stereocenters. The number of nitrogens with one attached hydrogen (secondary N) is 1. The molecule has 3 aromatic rings. The molecule has 52 heavy (non-hydrogen) atoms. The zero-order chi connectivity index (χ0) is 36.6. The van der Waals surface area contributed by atoms with E-state index in [0.29, 0.717) is 24.8 Å². The molecule has 0 radical (unpaired) electrons. The molecule has 2 amide bonds. The van der Waals surface area contributed by atoms with Crippen LogP contribution in [0.5, 0.6) is 11.6 Å². The second-order valence-corrected chi connectivity index (χ2v) is 16.8. The van der Waals surface area contributed by atoms with Gasteiger partial charge in [0, 0.05) is 56.6 Å². The summed E-state index contributed by atoms with van der Waals surface area (Å²) in [7, 11) is 2.67. The molecule has 1 N–H and O–H groups in total. The minimum absolute atomic E-state index is 0.0624. The van der Waals surface area contributed by atoms with Gasteiger partial charge in [0.1, 0.15) is 21.2 Å². The third-order valence-electron chi connectivity index (χ3n) is 11.1. The Bertz CT molecular complexity index is 2010. The Hall–Kier alpha value is -3.91. The molecule has 2 aromatic carbocycles. The highest BCUT2D eigenvalue weighted by Crippen LogP contribution is 2.47. The molecule has 278 valence electrons. The lowest BCUT2D eigenvalue weighted by atomic mass is 9.68. The summed E-state index contributed by atoms with van der Waals surface area (Å²) in [6.07, 6.45) is 10.0. The molecule has 2 aliphatic heterocycles. The van der Waals surface area contributed by atoms with Gasteiger partial charge >= 0.3 is 0 Å². The van der Waals surface area contributed by atoms with Crippen LogP contribution in [0.2, 0.25) is 5.02 Å². The van der Waals surface area contributed by atoms with Crippen molar-refractivity contribution in [3.63, 3.8) is 0 Å². The zero-order valence-electron chi connectivity index (χ0n) is 30.0. The van der Waals surface area contributed by atoms with E-state index in [-0.39, 0.29) is 46.6 Å². The van der Waals surface area contributed by atoms with Crippen LogP contribution in [-0.4, -0.2) is 84.8 Å². The van der Waals surface area contributed by atoms with Crippen molar-refractivity contribution >= 4 is 39.0 Å². The standard InChI is InChI=1S/C38H46ClN5O7S/c1-43-21-30(37(40-43)50-4)36(46)42-52(47)17-15-28(48-2)10-14-33(49-3)29-11-7-26(29)20-44-22-38(16-5-6-24-18-27(39)9-12-31(24)38)23-51-34-13-8-25(19-32(34)44)35(45)41-52/h8-10,12-14,18-19,21,26,28-29,33H,5-7,11,15-17,20,22-23H2,1-4H3,(H,41,42,45,46,47)/b14-10+/t26-,28+,29+,33-,38-,52?/m0/s1. The number of hydrogen-bond acceptors (Lipinski definition) is 9. The van der Waals surface area contributed by atoms with Crippen LogP contribution in [0, 0.1) is 11.8 Å². The van der Waals surface area contributed by atoms with E-state index in [0.717, 1.165) is 49.4 Å². The minimum Gasteiger partial charge on any atom is -0.490 e. The van der Waals surface area contributed by atoms with Gasteiger partial charge in [-0.3, -0.25) is 19.0 Å². The third kappa shape index (κ3) is 7.20. The molecular weight excluding hydrogens is 706 g/mol. The molecule has 2 bridgehead atoms. The van der Waals surface area contributed by atoms with Crippen molar-refractivity contribution in [3.05, 3.63) is 82.0 Å². The topological polar surface area (TPSA) is 134 Å². The van der Waals surface area contributed by atoms with E-state index in [1.165, 1.54) is 29.1 Å². The van der Waals surface area contributed by atoms with Gasteiger partial charge in [-0.25, -0.2) is 4.21 Å². The second kappa shape index (κ2) is 14.8. The molecule has 2 aliphatic carbocycles. The summed E-state index contributed by atoms with van der Waals surface area (Å²) in [5.74, 6) is -0.233. The molecule has 3 heterocycles. The van der Waals surface area contributed by atoms with Crippen LogP contribution in [0.1, 0.15) is 63.9 Å². The Balaban J connectivity index is 1.31. The quantitative estimate of drug-likeness (QED) is 0.335. The number of fused-ring (bicyclic) bond motifs is 4. The number of halogens is 1. The molecule has 0 saturated heterocycles. The fourth-order valence-corrected chi connectivity index (χ4v) is 10.0. The predicted octanol–water partition coefficient (Wildman–Crippen LogP) is 5.52. The highest BCUT2D eigenvalue weighted by molar-refractivity contribution is 7.92. The maximum atomic E-state index is 14.6. The van der Waals surface area contributed by atoms with E-state index in [4.69, 9.17) is 30.5 Å². The smallest absolute Gasteiger partial charge is 0.286 e. The maximum absolute atomic E-state index is 14.6. The Morgan fingerprint density at radius 1 is 1.10 bits per heavy atom. The van der Waals surface area contributed by atoms with E-state index in [1.54, 1.807) is 39.5 Å². The van der Waals surface area contributed by atoms with Crippen LogP contribution in [0.3, 0.4) is 0 Å². The number of ether oxygens (including phenoxy) is 4. The van der Waals surface area contributed by atoms with Gasteiger partial charge in [0.25, 0.3) is 11.8 Å². The number of hydrogen-bond donors (Lipinski definition) is 1. The van der Waals surface area contributed by atoms with Gasteiger partial charge in [0.15, 0.2) is 0 Å². The van der Waals surface area contributed by atoms with Crippen molar-refractivity contribution in [2.24, 2.45) is 23.2 Å². The van der Waals surface area contributed by atoms with Gasteiger partial charge in [-0.2, -0.15) is 0 Å². The van der Waals surface area contributed by atoms with Crippen molar-refractivity contribution < 1.29 is 32.7 Å². The Morgan fingerprint density at radius 2 is 1.94 bits per heavy atom. The number of carbonyl (C=O) groups is 2. The Morgan fingerprint density at radius 3 is 2.69 bits per heavy atom.